The fraction of sp³-hybridized carbons (Fsp3) is 0.192. The van der Waals surface area contributed by atoms with Gasteiger partial charge in [-0.25, -0.2) is 4.39 Å². The first kappa shape index (κ1) is 22.0. The normalized spacial score (nSPS) is 11.3. The molecule has 5 rings (SSSR count). The number of aromatic nitrogens is 4. The van der Waals surface area contributed by atoms with Crippen LogP contribution in [0.3, 0.4) is 0 Å². The smallest absolute Gasteiger partial charge is 0.264 e. The number of hydrogen-bond acceptors (Lipinski definition) is 4. The Morgan fingerprint density at radius 1 is 1.03 bits per heavy atom. The molecule has 8 heteroatoms. The second-order valence-corrected chi connectivity index (χ2v) is 9.42. The van der Waals surface area contributed by atoms with Gasteiger partial charge in [-0.3, -0.25) is 14.2 Å². The van der Waals surface area contributed by atoms with E-state index in [1.807, 2.05) is 52.9 Å². The minimum Gasteiger partial charge on any atom is -0.337 e. The third-order valence-electron chi connectivity index (χ3n) is 5.70. The molecule has 5 aromatic rings. The molecule has 0 atom stereocenters. The second kappa shape index (κ2) is 9.23. The zero-order valence-corrected chi connectivity index (χ0v) is 19.8. The molecule has 1 amide bonds. The molecule has 0 N–H and O–H groups in total. The van der Waals surface area contributed by atoms with Crippen molar-refractivity contribution in [3.05, 3.63) is 106 Å². The van der Waals surface area contributed by atoms with Crippen molar-refractivity contribution >= 4 is 27.5 Å². The van der Waals surface area contributed by atoms with Gasteiger partial charge in [0.15, 0.2) is 0 Å². The van der Waals surface area contributed by atoms with Gasteiger partial charge in [0.1, 0.15) is 10.6 Å². The molecule has 0 aliphatic carbocycles. The van der Waals surface area contributed by atoms with Crippen molar-refractivity contribution < 1.29 is 9.18 Å². The number of carbonyl (C=O) groups is 1. The summed E-state index contributed by atoms with van der Waals surface area (Å²) in [6.07, 6.45) is 3.79. The number of hydrogen-bond donors (Lipinski definition) is 0. The Hall–Kier alpha value is -3.78. The van der Waals surface area contributed by atoms with Crippen LogP contribution in [0.2, 0.25) is 0 Å². The summed E-state index contributed by atoms with van der Waals surface area (Å²) in [5, 5.41) is 10.0. The summed E-state index contributed by atoms with van der Waals surface area (Å²) in [6.45, 7) is 3.63. The lowest BCUT2D eigenvalue weighted by molar-refractivity contribution is 0.0790. The highest BCUT2D eigenvalue weighted by Gasteiger charge is 2.20. The van der Waals surface area contributed by atoms with Gasteiger partial charge in [-0.2, -0.15) is 10.2 Å². The van der Waals surface area contributed by atoms with Gasteiger partial charge in [-0.15, -0.1) is 11.3 Å². The van der Waals surface area contributed by atoms with Gasteiger partial charge in [-0.05, 0) is 36.2 Å². The summed E-state index contributed by atoms with van der Waals surface area (Å²) in [5.74, 6) is -0.298. The molecule has 2 aromatic carbocycles. The van der Waals surface area contributed by atoms with Crippen molar-refractivity contribution in [2.24, 2.45) is 0 Å². The average molecular weight is 474 g/mol. The maximum absolute atomic E-state index is 13.2. The molecule has 3 aromatic heterocycles. The molecule has 0 aliphatic heterocycles. The van der Waals surface area contributed by atoms with Crippen LogP contribution >= 0.6 is 11.3 Å². The first-order chi connectivity index (χ1) is 16.5. The molecule has 0 saturated heterocycles. The van der Waals surface area contributed by atoms with Crippen molar-refractivity contribution in [2.45, 2.75) is 26.6 Å². The highest BCUT2D eigenvalue weighted by Crippen LogP contribution is 2.30. The van der Waals surface area contributed by atoms with E-state index in [0.717, 1.165) is 27.0 Å². The highest BCUT2D eigenvalue weighted by molar-refractivity contribution is 7.20. The second-order valence-electron chi connectivity index (χ2n) is 8.39. The Bertz CT molecular complexity index is 1440. The van der Waals surface area contributed by atoms with Crippen LogP contribution in [0.15, 0.2) is 73.1 Å². The topological polar surface area (TPSA) is 56.0 Å². The maximum atomic E-state index is 13.2. The van der Waals surface area contributed by atoms with Gasteiger partial charge in [0.05, 0.1) is 29.9 Å². The van der Waals surface area contributed by atoms with E-state index < -0.39 is 0 Å². The SMILES string of the molecule is Cc1nn(Cc2ccc(F)cc2)c2sc(C(=O)N(C)Cc3cnn(Cc4ccccc4)c3)cc12. The van der Waals surface area contributed by atoms with Gasteiger partial charge in [0, 0.05) is 30.7 Å². The molecule has 3 heterocycles. The van der Waals surface area contributed by atoms with Crippen molar-refractivity contribution in [3.63, 3.8) is 0 Å². The number of nitrogens with zero attached hydrogens (tertiary/aromatic N) is 5. The number of fused-ring (bicyclic) bond motifs is 1. The van der Waals surface area contributed by atoms with Crippen molar-refractivity contribution in [3.8, 4) is 0 Å². The van der Waals surface area contributed by atoms with Gasteiger partial charge in [0.2, 0.25) is 0 Å². The predicted molar refractivity (Wildman–Crippen MR) is 131 cm³/mol. The number of halogens is 1. The average Bonchev–Trinajstić information content (AvgIpc) is 3.53. The number of carbonyl (C=O) groups excluding carboxylic acids is 1. The Kier molecular flexibility index (Phi) is 5.98. The lowest BCUT2D eigenvalue weighted by atomic mass is 10.2. The Balaban J connectivity index is 1.30. The Morgan fingerprint density at radius 2 is 1.76 bits per heavy atom. The van der Waals surface area contributed by atoms with Crippen LogP contribution in [0, 0.1) is 12.7 Å². The van der Waals surface area contributed by atoms with Crippen molar-refractivity contribution in [1.82, 2.24) is 24.5 Å². The lowest BCUT2D eigenvalue weighted by Gasteiger charge is -2.15. The molecule has 172 valence electrons. The van der Waals surface area contributed by atoms with E-state index in [1.54, 1.807) is 24.1 Å². The van der Waals surface area contributed by atoms with Gasteiger partial charge in [-0.1, -0.05) is 42.5 Å². The van der Waals surface area contributed by atoms with E-state index in [0.29, 0.717) is 24.5 Å². The van der Waals surface area contributed by atoms with Crippen LogP contribution in [-0.2, 0) is 19.6 Å². The summed E-state index contributed by atoms with van der Waals surface area (Å²) >= 11 is 1.44. The van der Waals surface area contributed by atoms with Gasteiger partial charge < -0.3 is 4.90 Å². The maximum Gasteiger partial charge on any atom is 0.264 e. The quantitative estimate of drug-likeness (QED) is 0.330. The summed E-state index contributed by atoms with van der Waals surface area (Å²) in [5.41, 5.74) is 3.98. The summed E-state index contributed by atoms with van der Waals surface area (Å²) in [6, 6.07) is 18.5. The number of rotatable bonds is 7. The van der Waals surface area contributed by atoms with Crippen LogP contribution in [0.5, 0.6) is 0 Å². The van der Waals surface area contributed by atoms with Crippen LogP contribution in [-0.4, -0.2) is 37.4 Å². The Labute approximate surface area is 200 Å². The molecule has 0 unspecified atom stereocenters. The zero-order valence-electron chi connectivity index (χ0n) is 19.0. The van der Waals surface area contributed by atoms with Crippen LogP contribution in [0.4, 0.5) is 4.39 Å². The van der Waals surface area contributed by atoms with Gasteiger partial charge >= 0.3 is 0 Å². The standard InChI is InChI=1S/C26H24FN5OS/c1-18-23-12-24(34-26(23)32(29-18)17-20-8-10-22(27)11-9-20)25(33)30(2)14-21-13-28-31(16-21)15-19-6-4-3-5-7-19/h3-13,16H,14-15,17H2,1-2H3. The third kappa shape index (κ3) is 4.63. The van der Waals surface area contributed by atoms with Crippen LogP contribution in [0.25, 0.3) is 10.2 Å². The fourth-order valence-electron chi connectivity index (χ4n) is 3.97. The summed E-state index contributed by atoms with van der Waals surface area (Å²) < 4.78 is 17.0. The predicted octanol–water partition coefficient (Wildman–Crippen LogP) is 5.11. The summed E-state index contributed by atoms with van der Waals surface area (Å²) in [7, 11) is 1.80. The van der Waals surface area contributed by atoms with E-state index in [-0.39, 0.29) is 11.7 Å². The molecule has 0 fully saturated rings. The number of aryl methyl sites for hydroxylation is 1. The highest BCUT2D eigenvalue weighted by atomic mass is 32.1. The molecular formula is C26H24FN5OS. The number of amides is 1. The van der Waals surface area contributed by atoms with Gasteiger partial charge in [0.25, 0.3) is 5.91 Å². The minimum atomic E-state index is -0.261. The van der Waals surface area contributed by atoms with E-state index in [4.69, 9.17) is 0 Å². The van der Waals surface area contributed by atoms with Crippen LogP contribution < -0.4 is 0 Å². The van der Waals surface area contributed by atoms with Crippen molar-refractivity contribution in [1.29, 1.82) is 0 Å². The fourth-order valence-corrected chi connectivity index (χ4v) is 5.12. The van der Waals surface area contributed by atoms with E-state index in [9.17, 15) is 9.18 Å². The van der Waals surface area contributed by atoms with Crippen LogP contribution in [0.1, 0.15) is 32.1 Å². The monoisotopic (exact) mass is 473 g/mol. The first-order valence-electron chi connectivity index (χ1n) is 11.0. The number of benzene rings is 2. The van der Waals surface area contributed by atoms with E-state index in [2.05, 4.69) is 22.3 Å². The molecule has 6 nitrogen and oxygen atoms in total. The third-order valence-corrected chi connectivity index (χ3v) is 6.84. The molecule has 0 radical (unpaired) electrons. The first-order valence-corrected chi connectivity index (χ1v) is 11.8. The minimum absolute atomic E-state index is 0.0373. The Morgan fingerprint density at radius 3 is 2.53 bits per heavy atom. The molecule has 34 heavy (non-hydrogen) atoms. The van der Waals surface area contributed by atoms with E-state index >= 15 is 0 Å². The molecule has 0 saturated carbocycles. The summed E-state index contributed by atoms with van der Waals surface area (Å²) in [4.78, 5) is 16.5. The number of thiophene rings is 1. The molecular weight excluding hydrogens is 449 g/mol. The van der Waals surface area contributed by atoms with E-state index in [1.165, 1.54) is 29.0 Å². The lowest BCUT2D eigenvalue weighted by Crippen LogP contribution is -2.25. The zero-order chi connectivity index (χ0) is 23.7. The largest absolute Gasteiger partial charge is 0.337 e. The molecule has 0 aliphatic rings. The van der Waals surface area contributed by atoms with Crippen molar-refractivity contribution in [2.75, 3.05) is 7.05 Å². The molecule has 0 bridgehead atoms. The molecule has 0 spiro atoms.